The molecule has 0 aliphatic heterocycles. The molecule has 68 valence electrons. The molecule has 0 spiro atoms. The summed E-state index contributed by atoms with van der Waals surface area (Å²) in [6, 6.07) is 0. The zero-order valence-corrected chi connectivity index (χ0v) is 8.34. The number of aromatic nitrogens is 3. The third-order valence-corrected chi connectivity index (χ3v) is 2.28. The smallest absolute Gasteiger partial charge is 0.152 e. The molecule has 12 heavy (non-hydrogen) atoms. The van der Waals surface area contributed by atoms with Crippen LogP contribution in [0.3, 0.4) is 0 Å². The van der Waals surface area contributed by atoms with E-state index in [1.165, 1.54) is 0 Å². The van der Waals surface area contributed by atoms with Crippen LogP contribution < -0.4 is 5.32 Å². The molecule has 1 aromatic heterocycles. The van der Waals surface area contributed by atoms with E-state index in [0.29, 0.717) is 0 Å². The van der Waals surface area contributed by atoms with Crippen molar-refractivity contribution in [3.63, 3.8) is 0 Å². The summed E-state index contributed by atoms with van der Waals surface area (Å²) in [4.78, 5) is 0. The van der Waals surface area contributed by atoms with Crippen molar-refractivity contribution in [1.29, 1.82) is 0 Å². The van der Waals surface area contributed by atoms with Gasteiger partial charge in [0.2, 0.25) is 0 Å². The van der Waals surface area contributed by atoms with Crippen molar-refractivity contribution in [2.24, 2.45) is 7.05 Å². The minimum Gasteiger partial charge on any atom is -0.317 e. The van der Waals surface area contributed by atoms with E-state index in [0.717, 1.165) is 11.6 Å². The molecule has 0 saturated heterocycles. The van der Waals surface area contributed by atoms with Crippen molar-refractivity contribution in [1.82, 2.24) is 20.1 Å². The van der Waals surface area contributed by atoms with Crippen molar-refractivity contribution in [3.8, 4) is 0 Å². The van der Waals surface area contributed by atoms with Gasteiger partial charge in [-0.15, -0.1) is 10.2 Å². The van der Waals surface area contributed by atoms with Gasteiger partial charge in [0.15, 0.2) is 5.82 Å². The van der Waals surface area contributed by atoms with Crippen LogP contribution in [0.15, 0.2) is 0 Å². The van der Waals surface area contributed by atoms with E-state index in [-0.39, 0.29) is 5.54 Å². The quantitative estimate of drug-likeness (QED) is 0.702. The molecule has 0 fully saturated rings. The second kappa shape index (κ2) is 2.86. The molecular weight excluding hydrogens is 152 g/mol. The number of nitrogens with one attached hydrogen (secondary N) is 1. The van der Waals surface area contributed by atoms with E-state index in [4.69, 9.17) is 0 Å². The monoisotopic (exact) mass is 168 g/mol. The molecule has 4 nitrogen and oxygen atoms in total. The lowest BCUT2D eigenvalue weighted by Crippen LogP contribution is -2.36. The lowest BCUT2D eigenvalue weighted by Gasteiger charge is -2.22. The first kappa shape index (κ1) is 9.19. The Bertz CT molecular complexity index is 275. The summed E-state index contributed by atoms with van der Waals surface area (Å²) in [5, 5.41) is 11.3. The van der Waals surface area contributed by atoms with Gasteiger partial charge in [-0.25, -0.2) is 0 Å². The Morgan fingerprint density at radius 2 is 1.92 bits per heavy atom. The summed E-state index contributed by atoms with van der Waals surface area (Å²) in [6.45, 7) is 6.11. The van der Waals surface area contributed by atoms with E-state index in [1.807, 2.05) is 25.6 Å². The molecule has 0 aliphatic rings. The van der Waals surface area contributed by atoms with Gasteiger partial charge in [-0.3, -0.25) is 0 Å². The lowest BCUT2D eigenvalue weighted by molar-refractivity contribution is 0.402. The van der Waals surface area contributed by atoms with Gasteiger partial charge in [-0.1, -0.05) is 0 Å². The zero-order valence-electron chi connectivity index (χ0n) is 8.34. The number of rotatable bonds is 2. The first-order valence-corrected chi connectivity index (χ1v) is 4.04. The van der Waals surface area contributed by atoms with Crippen molar-refractivity contribution >= 4 is 0 Å². The molecule has 0 unspecified atom stereocenters. The maximum atomic E-state index is 4.11. The minimum atomic E-state index is -0.115. The van der Waals surface area contributed by atoms with Crippen LogP contribution in [0, 0.1) is 6.92 Å². The van der Waals surface area contributed by atoms with Gasteiger partial charge in [0.25, 0.3) is 0 Å². The van der Waals surface area contributed by atoms with Crippen LogP contribution >= 0.6 is 0 Å². The third kappa shape index (κ3) is 1.34. The highest BCUT2D eigenvalue weighted by Gasteiger charge is 2.23. The summed E-state index contributed by atoms with van der Waals surface area (Å²) in [7, 11) is 3.90. The molecule has 0 bridgehead atoms. The maximum Gasteiger partial charge on any atom is 0.152 e. The van der Waals surface area contributed by atoms with Crippen LogP contribution in [-0.4, -0.2) is 21.8 Å². The molecule has 4 heteroatoms. The Morgan fingerprint density at radius 3 is 2.25 bits per heavy atom. The summed E-state index contributed by atoms with van der Waals surface area (Å²) in [6.07, 6.45) is 0. The average Bonchev–Trinajstić information content (AvgIpc) is 2.33. The second-order valence-electron chi connectivity index (χ2n) is 3.50. The Labute approximate surface area is 73.0 Å². The molecule has 1 N–H and O–H groups in total. The Kier molecular flexibility index (Phi) is 2.19. The average molecular weight is 168 g/mol. The highest BCUT2D eigenvalue weighted by Crippen LogP contribution is 2.16. The normalized spacial score (nSPS) is 12.1. The molecule has 0 aromatic carbocycles. The zero-order chi connectivity index (χ0) is 9.35. The predicted octanol–water partition coefficient (Wildman–Crippen LogP) is 0.578. The van der Waals surface area contributed by atoms with Crippen molar-refractivity contribution in [2.75, 3.05) is 7.05 Å². The fourth-order valence-corrected chi connectivity index (χ4v) is 1.06. The Morgan fingerprint density at radius 1 is 1.33 bits per heavy atom. The summed E-state index contributed by atoms with van der Waals surface area (Å²) < 4.78 is 2.00. The number of hydrogen-bond acceptors (Lipinski definition) is 3. The molecule has 0 aliphatic carbocycles. The van der Waals surface area contributed by atoms with E-state index in [1.54, 1.807) is 0 Å². The highest BCUT2D eigenvalue weighted by atomic mass is 15.3. The van der Waals surface area contributed by atoms with Crippen LogP contribution in [0.25, 0.3) is 0 Å². The molecule has 1 aromatic rings. The van der Waals surface area contributed by atoms with Crippen LogP contribution in [0.2, 0.25) is 0 Å². The van der Waals surface area contributed by atoms with Crippen LogP contribution in [0.4, 0.5) is 0 Å². The maximum absolute atomic E-state index is 4.11. The second-order valence-corrected chi connectivity index (χ2v) is 3.50. The first-order chi connectivity index (χ1) is 5.49. The number of aryl methyl sites for hydroxylation is 1. The minimum absolute atomic E-state index is 0.115. The van der Waals surface area contributed by atoms with Crippen LogP contribution in [0.5, 0.6) is 0 Å². The molecule has 1 rings (SSSR count). The van der Waals surface area contributed by atoms with Gasteiger partial charge in [0, 0.05) is 7.05 Å². The van der Waals surface area contributed by atoms with Gasteiger partial charge < -0.3 is 9.88 Å². The predicted molar refractivity (Wildman–Crippen MR) is 47.8 cm³/mol. The molecule has 0 radical (unpaired) electrons. The van der Waals surface area contributed by atoms with E-state index in [2.05, 4.69) is 29.4 Å². The van der Waals surface area contributed by atoms with E-state index >= 15 is 0 Å². The van der Waals surface area contributed by atoms with Crippen molar-refractivity contribution < 1.29 is 0 Å². The van der Waals surface area contributed by atoms with E-state index in [9.17, 15) is 0 Å². The first-order valence-electron chi connectivity index (χ1n) is 4.04. The molecule has 0 saturated carbocycles. The van der Waals surface area contributed by atoms with Gasteiger partial charge in [0.1, 0.15) is 5.82 Å². The SMILES string of the molecule is CNC(C)(C)c1nnc(C)n1C. The largest absolute Gasteiger partial charge is 0.317 e. The van der Waals surface area contributed by atoms with E-state index < -0.39 is 0 Å². The van der Waals surface area contributed by atoms with Crippen molar-refractivity contribution in [2.45, 2.75) is 26.3 Å². The summed E-state index contributed by atoms with van der Waals surface area (Å²) >= 11 is 0. The number of nitrogens with zero attached hydrogens (tertiary/aromatic N) is 3. The molecule has 0 amide bonds. The molecule has 1 heterocycles. The Balaban J connectivity index is 3.11. The molecular formula is C8H16N4. The fourth-order valence-electron chi connectivity index (χ4n) is 1.06. The number of hydrogen-bond donors (Lipinski definition) is 1. The van der Waals surface area contributed by atoms with Gasteiger partial charge in [0.05, 0.1) is 5.54 Å². The fraction of sp³-hybridized carbons (Fsp3) is 0.750. The summed E-state index contributed by atoms with van der Waals surface area (Å²) in [5.41, 5.74) is -0.115. The third-order valence-electron chi connectivity index (χ3n) is 2.28. The van der Waals surface area contributed by atoms with Crippen molar-refractivity contribution in [3.05, 3.63) is 11.6 Å². The summed E-state index contributed by atoms with van der Waals surface area (Å²) in [5.74, 6) is 1.90. The topological polar surface area (TPSA) is 42.7 Å². The van der Waals surface area contributed by atoms with Gasteiger partial charge in [-0.2, -0.15) is 0 Å². The highest BCUT2D eigenvalue weighted by molar-refractivity contribution is 5.04. The van der Waals surface area contributed by atoms with Gasteiger partial charge in [-0.05, 0) is 27.8 Å². The lowest BCUT2D eigenvalue weighted by atomic mass is 10.1. The molecule has 0 atom stereocenters. The van der Waals surface area contributed by atoms with Crippen LogP contribution in [-0.2, 0) is 12.6 Å². The Hall–Kier alpha value is -0.900. The van der Waals surface area contributed by atoms with Crippen LogP contribution in [0.1, 0.15) is 25.5 Å². The van der Waals surface area contributed by atoms with Gasteiger partial charge >= 0.3 is 0 Å². The standard InChI is InChI=1S/C8H16N4/c1-6-10-11-7(12(6)5)8(2,3)9-4/h9H,1-5H3.